The van der Waals surface area contributed by atoms with Crippen LogP contribution in [0.1, 0.15) is 31.9 Å². The number of ether oxygens (including phenoxy) is 1. The fourth-order valence-electron chi connectivity index (χ4n) is 4.08. The van der Waals surface area contributed by atoms with Gasteiger partial charge in [0, 0.05) is 18.6 Å². The van der Waals surface area contributed by atoms with Gasteiger partial charge in [-0.25, -0.2) is 9.36 Å². The number of carbonyl (C=O) groups is 2. The molecule has 206 valence electrons. The summed E-state index contributed by atoms with van der Waals surface area (Å²) in [6.45, 7) is 4.68. The number of esters is 1. The lowest BCUT2D eigenvalue weighted by Gasteiger charge is -2.41. The highest BCUT2D eigenvalue weighted by molar-refractivity contribution is 8.14. The van der Waals surface area contributed by atoms with Crippen LogP contribution in [0.2, 0.25) is 0 Å². The largest absolute Gasteiger partial charge is 0.456 e. The number of amides is 1. The number of benzene rings is 2. The smallest absolute Gasteiger partial charge is 0.378 e. The second-order valence-corrected chi connectivity index (χ2v) is 12.2. The van der Waals surface area contributed by atoms with Gasteiger partial charge >= 0.3 is 13.6 Å². The summed E-state index contributed by atoms with van der Waals surface area (Å²) >= 11 is 1.38. The monoisotopic (exact) mass is 573 g/mol. The maximum atomic E-state index is 13.4. The molecule has 1 amide bonds. The molecular formula is C26H28N3O8PS. The average Bonchev–Trinajstić information content (AvgIpc) is 3.29. The van der Waals surface area contributed by atoms with Gasteiger partial charge in [-0.2, -0.15) is 0 Å². The molecule has 4 rings (SSSR count). The summed E-state index contributed by atoms with van der Waals surface area (Å²) in [7, 11) is -3.58. The normalized spacial score (nSPS) is 20.2. The number of allylic oxidation sites excluding steroid dienone is 1. The third-order valence-corrected chi connectivity index (χ3v) is 9.24. The number of aliphatic imine (C=N–C) groups is 1. The average molecular weight is 574 g/mol. The van der Waals surface area contributed by atoms with Gasteiger partial charge in [0.25, 0.3) is 11.6 Å². The topological polar surface area (TPSA) is 138 Å². The van der Waals surface area contributed by atoms with Crippen molar-refractivity contribution >= 4 is 42.0 Å². The first kappa shape index (κ1) is 28.5. The van der Waals surface area contributed by atoms with Gasteiger partial charge in [-0.05, 0) is 37.1 Å². The molecule has 2 aliphatic heterocycles. The third kappa shape index (κ3) is 6.41. The Labute approximate surface area is 229 Å². The van der Waals surface area contributed by atoms with E-state index < -0.39 is 35.8 Å². The van der Waals surface area contributed by atoms with Crippen LogP contribution in [0, 0.1) is 10.1 Å². The molecular weight excluding hydrogens is 545 g/mol. The molecule has 2 aromatic carbocycles. The molecule has 1 fully saturated rings. The minimum Gasteiger partial charge on any atom is -0.456 e. The van der Waals surface area contributed by atoms with Gasteiger partial charge in [0.05, 0.1) is 22.7 Å². The van der Waals surface area contributed by atoms with Crippen LogP contribution in [0.4, 0.5) is 5.69 Å². The third-order valence-electron chi connectivity index (χ3n) is 6.03. The number of fused-ring (bicyclic) bond motifs is 1. The van der Waals surface area contributed by atoms with E-state index in [2.05, 4.69) is 4.99 Å². The Morgan fingerprint density at radius 3 is 2.44 bits per heavy atom. The van der Waals surface area contributed by atoms with Crippen molar-refractivity contribution in [2.75, 3.05) is 12.8 Å². The fourth-order valence-corrected chi connectivity index (χ4v) is 6.66. The molecule has 0 bridgehead atoms. The fraction of sp³-hybridized carbons (Fsp3) is 0.346. The molecule has 2 aliphatic rings. The van der Waals surface area contributed by atoms with Gasteiger partial charge in [0.15, 0.2) is 11.7 Å². The van der Waals surface area contributed by atoms with E-state index in [4.69, 9.17) is 13.8 Å². The van der Waals surface area contributed by atoms with Gasteiger partial charge in [-0.3, -0.25) is 24.8 Å². The number of nitro benzene ring substituents is 1. The molecule has 0 radical (unpaired) electrons. The van der Waals surface area contributed by atoms with Gasteiger partial charge in [-0.15, -0.1) is 0 Å². The lowest BCUT2D eigenvalue weighted by atomic mass is 10.1. The Kier molecular flexibility index (Phi) is 8.89. The molecule has 2 aromatic rings. The van der Waals surface area contributed by atoms with Crippen LogP contribution in [-0.2, 0) is 41.0 Å². The summed E-state index contributed by atoms with van der Waals surface area (Å²) in [6, 6.07) is 14.6. The lowest BCUT2D eigenvalue weighted by molar-refractivity contribution is -0.384. The first-order valence-electron chi connectivity index (χ1n) is 12.3. The molecule has 2 heterocycles. The summed E-state index contributed by atoms with van der Waals surface area (Å²) in [5, 5.41) is 11.2. The van der Waals surface area contributed by atoms with Crippen molar-refractivity contribution in [2.45, 2.75) is 45.2 Å². The van der Waals surface area contributed by atoms with E-state index in [1.54, 1.807) is 13.8 Å². The molecule has 13 heteroatoms. The summed E-state index contributed by atoms with van der Waals surface area (Å²) in [6.07, 6.45) is 0.608. The molecule has 3 atom stereocenters. The number of thioether (sulfide) groups is 1. The van der Waals surface area contributed by atoms with E-state index in [-0.39, 0.29) is 36.5 Å². The van der Waals surface area contributed by atoms with Gasteiger partial charge < -0.3 is 13.8 Å². The molecule has 0 saturated carbocycles. The van der Waals surface area contributed by atoms with Crippen molar-refractivity contribution in [2.24, 2.45) is 4.99 Å². The number of non-ortho nitro benzene ring substituents is 1. The van der Waals surface area contributed by atoms with E-state index in [1.165, 1.54) is 47.9 Å². The molecule has 39 heavy (non-hydrogen) atoms. The molecule has 0 aromatic heterocycles. The van der Waals surface area contributed by atoms with Crippen molar-refractivity contribution < 1.29 is 32.9 Å². The minimum atomic E-state index is -3.58. The highest BCUT2D eigenvalue weighted by Crippen LogP contribution is 2.51. The highest BCUT2D eigenvalue weighted by Gasteiger charge is 2.55. The van der Waals surface area contributed by atoms with Crippen molar-refractivity contribution in [1.82, 2.24) is 4.90 Å². The van der Waals surface area contributed by atoms with Crippen molar-refractivity contribution in [3.05, 3.63) is 87.3 Å². The van der Waals surface area contributed by atoms with Gasteiger partial charge in [0.2, 0.25) is 0 Å². The number of nitro groups is 1. The lowest BCUT2D eigenvalue weighted by Crippen LogP contribution is -2.61. The van der Waals surface area contributed by atoms with E-state index in [0.717, 1.165) is 10.6 Å². The van der Waals surface area contributed by atoms with E-state index in [1.807, 2.05) is 30.3 Å². The van der Waals surface area contributed by atoms with Crippen molar-refractivity contribution in [1.29, 1.82) is 0 Å². The molecule has 0 aliphatic carbocycles. The van der Waals surface area contributed by atoms with Gasteiger partial charge in [-0.1, -0.05) is 49.0 Å². The second-order valence-electron chi connectivity index (χ2n) is 8.69. The van der Waals surface area contributed by atoms with Gasteiger partial charge in [0.1, 0.15) is 17.7 Å². The quantitative estimate of drug-likeness (QED) is 0.0649. The number of rotatable bonds is 12. The molecule has 1 saturated heterocycles. The van der Waals surface area contributed by atoms with Crippen LogP contribution in [0.15, 0.2) is 71.0 Å². The van der Waals surface area contributed by atoms with E-state index >= 15 is 0 Å². The zero-order valence-electron chi connectivity index (χ0n) is 21.6. The SMILES string of the molecule is CCOP(=O)(CC)OC(C)=C(C(=O)OCc1ccc([N+](=O)[O-])cc1)N1C(=O)C2N=C(Cc3ccccc3)SC21. The van der Waals surface area contributed by atoms with Crippen molar-refractivity contribution in [3.63, 3.8) is 0 Å². The van der Waals surface area contributed by atoms with E-state index in [9.17, 15) is 24.3 Å². The predicted molar refractivity (Wildman–Crippen MR) is 146 cm³/mol. The first-order chi connectivity index (χ1) is 18.7. The maximum Gasteiger partial charge on any atom is 0.378 e. The molecule has 3 unspecified atom stereocenters. The second kappa shape index (κ2) is 12.1. The van der Waals surface area contributed by atoms with Crippen LogP contribution >= 0.6 is 19.4 Å². The minimum absolute atomic E-state index is 0.0579. The van der Waals surface area contributed by atoms with E-state index in [0.29, 0.717) is 12.0 Å². The Hall–Kier alpha value is -3.47. The van der Waals surface area contributed by atoms with Crippen LogP contribution in [0.3, 0.4) is 0 Å². The predicted octanol–water partition coefficient (Wildman–Crippen LogP) is 5.06. The van der Waals surface area contributed by atoms with Crippen LogP contribution in [-0.4, -0.2) is 50.9 Å². The Bertz CT molecular complexity index is 1360. The summed E-state index contributed by atoms with van der Waals surface area (Å²) in [4.78, 5) is 42.8. The number of nitrogens with zero attached hydrogens (tertiary/aromatic N) is 3. The highest BCUT2D eigenvalue weighted by atomic mass is 32.2. The molecule has 0 N–H and O–H groups in total. The number of hydrogen-bond acceptors (Lipinski definition) is 10. The summed E-state index contributed by atoms with van der Waals surface area (Å²) < 4.78 is 29.5. The zero-order chi connectivity index (χ0) is 28.2. The first-order valence-corrected chi connectivity index (χ1v) is 14.9. The van der Waals surface area contributed by atoms with Crippen LogP contribution < -0.4 is 0 Å². The van der Waals surface area contributed by atoms with Crippen LogP contribution in [0.25, 0.3) is 0 Å². The summed E-state index contributed by atoms with van der Waals surface area (Å²) in [5.41, 5.74) is 1.28. The Morgan fingerprint density at radius 1 is 1.13 bits per heavy atom. The molecule has 0 spiro atoms. The number of hydrogen-bond donors (Lipinski definition) is 0. The number of likely N-dealkylation sites (tertiary alicyclic amines) is 1. The number of carbonyl (C=O) groups excluding carboxylic acids is 2. The standard InChI is InChI=1S/C26H28N3O8PS/c1-4-36-38(34,5-2)37-17(3)23(26(31)35-16-19-11-13-20(14-12-19)29(32)33)28-24(30)22-25(28)39-21(27-22)15-18-9-7-6-8-10-18/h6-14,22,25H,4-5,15-16H2,1-3H3. The maximum absolute atomic E-state index is 13.4. The zero-order valence-corrected chi connectivity index (χ0v) is 23.4. The van der Waals surface area contributed by atoms with Crippen molar-refractivity contribution in [3.8, 4) is 0 Å². The Balaban J connectivity index is 1.56. The molecule has 11 nitrogen and oxygen atoms in total. The Morgan fingerprint density at radius 2 is 1.82 bits per heavy atom. The number of β-lactam (4-membered cyclic amide) rings is 1. The van der Waals surface area contributed by atoms with Crippen LogP contribution in [0.5, 0.6) is 0 Å². The summed E-state index contributed by atoms with van der Waals surface area (Å²) in [5.74, 6) is -1.33.